The van der Waals surface area contributed by atoms with Crippen molar-refractivity contribution in [3.05, 3.63) is 59.7 Å². The number of hydrogen-bond donors (Lipinski definition) is 1. The average Bonchev–Trinajstić information content (AvgIpc) is 2.72. The van der Waals surface area contributed by atoms with Gasteiger partial charge in [0.05, 0.1) is 13.2 Å². The summed E-state index contributed by atoms with van der Waals surface area (Å²) >= 11 is 0. The summed E-state index contributed by atoms with van der Waals surface area (Å²) in [6.07, 6.45) is 0.460. The molecule has 6 nitrogen and oxygen atoms in total. The number of carbonyl (C=O) groups excluding carboxylic acids is 2. The maximum Gasteiger partial charge on any atom is 0.258 e. The Morgan fingerprint density at radius 1 is 1.07 bits per heavy atom. The Kier molecular flexibility index (Phi) is 8.02. The Balaban J connectivity index is 1.90. The van der Waals surface area contributed by atoms with Gasteiger partial charge < -0.3 is 19.7 Å². The van der Waals surface area contributed by atoms with Crippen LogP contribution in [0.4, 0.5) is 0 Å². The average molecular weight is 384 g/mol. The standard InChI is InChI=1S/C22H28N2O4/c1-5-20(25)16-10-12-17(13-11-16)28-15-22(26)23-14-19(24(2)3)18-8-6-7-9-21(18)27-4/h6-13,19H,5,14-15H2,1-4H3,(H,23,26)/t19-/m1/s1. The highest BCUT2D eigenvalue weighted by molar-refractivity contribution is 5.95. The van der Waals surface area contributed by atoms with Gasteiger partial charge in [-0.3, -0.25) is 9.59 Å². The minimum atomic E-state index is -0.213. The zero-order chi connectivity index (χ0) is 20.5. The van der Waals surface area contributed by atoms with E-state index in [0.29, 0.717) is 24.3 Å². The first-order valence-corrected chi connectivity index (χ1v) is 9.28. The lowest BCUT2D eigenvalue weighted by atomic mass is 10.0. The highest BCUT2D eigenvalue weighted by Crippen LogP contribution is 2.27. The van der Waals surface area contributed by atoms with E-state index in [-0.39, 0.29) is 24.3 Å². The minimum absolute atomic E-state index is 0.0283. The molecule has 0 aliphatic rings. The van der Waals surface area contributed by atoms with Crippen LogP contribution in [0.3, 0.4) is 0 Å². The number of rotatable bonds is 10. The third-order valence-electron chi connectivity index (χ3n) is 4.48. The van der Waals surface area contributed by atoms with Gasteiger partial charge in [-0.15, -0.1) is 0 Å². The molecule has 28 heavy (non-hydrogen) atoms. The van der Waals surface area contributed by atoms with Crippen molar-refractivity contribution in [2.24, 2.45) is 0 Å². The summed E-state index contributed by atoms with van der Waals surface area (Å²) in [5, 5.41) is 2.91. The number of hydrogen-bond acceptors (Lipinski definition) is 5. The predicted octanol–water partition coefficient (Wildman–Crippen LogP) is 3.09. The zero-order valence-electron chi connectivity index (χ0n) is 16.9. The van der Waals surface area contributed by atoms with E-state index in [1.807, 2.05) is 50.2 Å². The first kappa shape index (κ1) is 21.4. The van der Waals surface area contributed by atoms with Crippen LogP contribution in [0.25, 0.3) is 0 Å². The summed E-state index contributed by atoms with van der Waals surface area (Å²) in [5.41, 5.74) is 1.65. The number of nitrogens with one attached hydrogen (secondary N) is 1. The van der Waals surface area contributed by atoms with Gasteiger partial charge in [0.15, 0.2) is 12.4 Å². The van der Waals surface area contributed by atoms with E-state index in [9.17, 15) is 9.59 Å². The molecule has 1 atom stereocenters. The molecular weight excluding hydrogens is 356 g/mol. The number of para-hydroxylation sites is 1. The van der Waals surface area contributed by atoms with Gasteiger partial charge in [-0.1, -0.05) is 25.1 Å². The Hall–Kier alpha value is -2.86. The van der Waals surface area contributed by atoms with Crippen LogP contribution in [-0.2, 0) is 4.79 Å². The van der Waals surface area contributed by atoms with Crippen LogP contribution in [0, 0.1) is 0 Å². The fraction of sp³-hybridized carbons (Fsp3) is 0.364. The van der Waals surface area contributed by atoms with Crippen molar-refractivity contribution < 1.29 is 19.1 Å². The van der Waals surface area contributed by atoms with Crippen molar-refractivity contribution in [1.82, 2.24) is 10.2 Å². The summed E-state index contributed by atoms with van der Waals surface area (Å²) in [7, 11) is 5.55. The molecule has 0 aliphatic carbocycles. The predicted molar refractivity (Wildman–Crippen MR) is 109 cm³/mol. The molecule has 2 aromatic rings. The van der Waals surface area contributed by atoms with E-state index >= 15 is 0 Å². The monoisotopic (exact) mass is 384 g/mol. The Morgan fingerprint density at radius 2 is 1.75 bits per heavy atom. The molecule has 0 unspecified atom stereocenters. The summed E-state index contributed by atoms with van der Waals surface area (Å²) in [6.45, 7) is 2.16. The number of amides is 1. The second-order valence-corrected chi connectivity index (χ2v) is 6.62. The van der Waals surface area contributed by atoms with Gasteiger partial charge >= 0.3 is 0 Å². The minimum Gasteiger partial charge on any atom is -0.496 e. The number of benzene rings is 2. The van der Waals surface area contributed by atoms with Gasteiger partial charge in [0.2, 0.25) is 0 Å². The molecule has 2 aromatic carbocycles. The third-order valence-corrected chi connectivity index (χ3v) is 4.48. The van der Waals surface area contributed by atoms with Crippen LogP contribution in [-0.4, -0.2) is 50.9 Å². The lowest BCUT2D eigenvalue weighted by Gasteiger charge is -2.26. The fourth-order valence-corrected chi connectivity index (χ4v) is 2.86. The van der Waals surface area contributed by atoms with Crippen molar-refractivity contribution in [2.45, 2.75) is 19.4 Å². The maximum atomic E-state index is 12.2. The number of methoxy groups -OCH3 is 1. The number of likely N-dealkylation sites (N-methyl/N-ethyl adjacent to an activating group) is 1. The summed E-state index contributed by atoms with van der Waals surface area (Å²) < 4.78 is 11.0. The highest BCUT2D eigenvalue weighted by atomic mass is 16.5. The molecule has 0 heterocycles. The molecule has 6 heteroatoms. The normalized spacial score (nSPS) is 11.8. The molecule has 0 saturated carbocycles. The third kappa shape index (κ3) is 5.82. The first-order chi connectivity index (χ1) is 13.5. The van der Waals surface area contributed by atoms with E-state index in [1.165, 1.54) is 0 Å². The first-order valence-electron chi connectivity index (χ1n) is 9.28. The van der Waals surface area contributed by atoms with Gasteiger partial charge in [0, 0.05) is 24.1 Å². The van der Waals surface area contributed by atoms with E-state index in [2.05, 4.69) is 5.32 Å². The van der Waals surface area contributed by atoms with Crippen LogP contribution < -0.4 is 14.8 Å². The molecule has 0 spiro atoms. The number of nitrogens with zero attached hydrogens (tertiary/aromatic N) is 1. The van der Waals surface area contributed by atoms with Gasteiger partial charge in [-0.2, -0.15) is 0 Å². The van der Waals surface area contributed by atoms with Crippen molar-refractivity contribution in [3.63, 3.8) is 0 Å². The second kappa shape index (κ2) is 10.5. The maximum absolute atomic E-state index is 12.2. The lowest BCUT2D eigenvalue weighted by molar-refractivity contribution is -0.123. The molecule has 1 amide bonds. The van der Waals surface area contributed by atoms with Gasteiger partial charge in [-0.05, 0) is 44.4 Å². The van der Waals surface area contributed by atoms with Crippen molar-refractivity contribution in [1.29, 1.82) is 0 Å². The second-order valence-electron chi connectivity index (χ2n) is 6.62. The smallest absolute Gasteiger partial charge is 0.258 e. The Morgan fingerprint density at radius 3 is 2.36 bits per heavy atom. The zero-order valence-corrected chi connectivity index (χ0v) is 16.9. The molecule has 0 saturated heterocycles. The molecule has 0 bridgehead atoms. The topological polar surface area (TPSA) is 67.9 Å². The Bertz CT molecular complexity index is 787. The largest absolute Gasteiger partial charge is 0.496 e. The van der Waals surface area contributed by atoms with Crippen LogP contribution in [0.1, 0.15) is 35.3 Å². The van der Waals surface area contributed by atoms with Gasteiger partial charge in [0.1, 0.15) is 11.5 Å². The SMILES string of the molecule is CCC(=O)c1ccc(OCC(=O)NC[C@H](c2ccccc2OC)N(C)C)cc1. The molecule has 0 fully saturated rings. The highest BCUT2D eigenvalue weighted by Gasteiger charge is 2.19. The van der Waals surface area contributed by atoms with E-state index in [1.54, 1.807) is 31.4 Å². The van der Waals surface area contributed by atoms with E-state index < -0.39 is 0 Å². The number of Topliss-reactive ketones (excluding diaryl/α,β-unsaturated/α-hetero) is 1. The molecule has 2 rings (SSSR count). The van der Waals surface area contributed by atoms with E-state index in [4.69, 9.17) is 9.47 Å². The van der Waals surface area contributed by atoms with Crippen LogP contribution >= 0.6 is 0 Å². The fourth-order valence-electron chi connectivity index (χ4n) is 2.86. The molecule has 0 aromatic heterocycles. The molecule has 0 aliphatic heterocycles. The van der Waals surface area contributed by atoms with Gasteiger partial charge in [0.25, 0.3) is 5.91 Å². The Labute approximate surface area is 166 Å². The molecule has 150 valence electrons. The summed E-state index contributed by atoms with van der Waals surface area (Å²) in [4.78, 5) is 25.9. The quantitative estimate of drug-likeness (QED) is 0.638. The van der Waals surface area contributed by atoms with E-state index in [0.717, 1.165) is 11.3 Å². The van der Waals surface area contributed by atoms with Crippen molar-refractivity contribution in [3.8, 4) is 11.5 Å². The van der Waals surface area contributed by atoms with Crippen LogP contribution in [0.2, 0.25) is 0 Å². The number of carbonyl (C=O) groups is 2. The molecule has 1 N–H and O–H groups in total. The molecular formula is C22H28N2O4. The lowest BCUT2D eigenvalue weighted by Crippen LogP contribution is -2.37. The summed E-state index contributed by atoms with van der Waals surface area (Å²) in [5.74, 6) is 1.20. The van der Waals surface area contributed by atoms with Crippen molar-refractivity contribution in [2.75, 3.05) is 34.4 Å². The number of ether oxygens (including phenoxy) is 2. The summed E-state index contributed by atoms with van der Waals surface area (Å²) in [6, 6.07) is 14.6. The van der Waals surface area contributed by atoms with Crippen molar-refractivity contribution >= 4 is 11.7 Å². The van der Waals surface area contributed by atoms with Crippen LogP contribution in [0.15, 0.2) is 48.5 Å². The molecule has 0 radical (unpaired) electrons. The van der Waals surface area contributed by atoms with Crippen LogP contribution in [0.5, 0.6) is 11.5 Å². The van der Waals surface area contributed by atoms with Gasteiger partial charge in [-0.25, -0.2) is 0 Å². The number of ketones is 1.